The zero-order chi connectivity index (χ0) is 15.9. The number of fused-ring (bicyclic) bond motifs is 1. The number of nitrogens with zero attached hydrogens (tertiary/aromatic N) is 2. The molecular formula is C17H14Cl2N2O. The quantitative estimate of drug-likeness (QED) is 0.689. The number of aromatic nitrogens is 2. The van der Waals surface area contributed by atoms with Crippen molar-refractivity contribution in [1.82, 2.24) is 9.55 Å². The zero-order valence-electron chi connectivity index (χ0n) is 12.2. The summed E-state index contributed by atoms with van der Waals surface area (Å²) >= 11 is 12.2. The molecule has 0 radical (unpaired) electrons. The van der Waals surface area contributed by atoms with Crippen molar-refractivity contribution in [3.05, 3.63) is 68.2 Å². The van der Waals surface area contributed by atoms with E-state index in [1.54, 1.807) is 28.8 Å². The molecule has 0 bridgehead atoms. The van der Waals surface area contributed by atoms with Gasteiger partial charge in [0.15, 0.2) is 0 Å². The lowest BCUT2D eigenvalue weighted by Crippen LogP contribution is -2.24. The first-order valence-corrected chi connectivity index (χ1v) is 7.75. The van der Waals surface area contributed by atoms with Gasteiger partial charge in [-0.15, -0.1) is 0 Å². The predicted octanol–water partition coefficient (Wildman–Crippen LogP) is 4.56. The Morgan fingerprint density at radius 1 is 1.18 bits per heavy atom. The van der Waals surface area contributed by atoms with E-state index >= 15 is 0 Å². The predicted molar refractivity (Wildman–Crippen MR) is 91.5 cm³/mol. The van der Waals surface area contributed by atoms with Crippen LogP contribution in [0.1, 0.15) is 18.3 Å². The van der Waals surface area contributed by atoms with Crippen LogP contribution < -0.4 is 5.56 Å². The highest BCUT2D eigenvalue weighted by Crippen LogP contribution is 2.23. The molecule has 112 valence electrons. The van der Waals surface area contributed by atoms with Crippen LogP contribution in [0.25, 0.3) is 16.6 Å². The van der Waals surface area contributed by atoms with Crippen molar-refractivity contribution >= 4 is 34.1 Å². The first-order valence-electron chi connectivity index (χ1n) is 6.99. The Morgan fingerprint density at radius 2 is 1.95 bits per heavy atom. The number of hydrogen-bond acceptors (Lipinski definition) is 2. The average Bonchev–Trinajstić information content (AvgIpc) is 2.48. The van der Waals surface area contributed by atoms with Gasteiger partial charge < -0.3 is 0 Å². The third-order valence-electron chi connectivity index (χ3n) is 3.63. The van der Waals surface area contributed by atoms with E-state index in [9.17, 15) is 4.79 Å². The molecule has 0 aliphatic carbocycles. The van der Waals surface area contributed by atoms with Gasteiger partial charge in [-0.1, -0.05) is 36.2 Å². The topological polar surface area (TPSA) is 34.9 Å². The van der Waals surface area contributed by atoms with Gasteiger partial charge in [-0.05, 0) is 42.8 Å². The molecule has 0 fully saturated rings. The SMILES string of the molecule is CCc1nc2cccc(Cl)c2c(=O)n1-c1ccc(Cl)cc1C. The highest BCUT2D eigenvalue weighted by atomic mass is 35.5. The lowest BCUT2D eigenvalue weighted by Gasteiger charge is -2.15. The maximum Gasteiger partial charge on any atom is 0.267 e. The van der Waals surface area contributed by atoms with Crippen LogP contribution in [-0.4, -0.2) is 9.55 Å². The maximum absolute atomic E-state index is 13.0. The van der Waals surface area contributed by atoms with Crippen molar-refractivity contribution in [2.75, 3.05) is 0 Å². The van der Waals surface area contributed by atoms with Gasteiger partial charge in [0.2, 0.25) is 0 Å². The van der Waals surface area contributed by atoms with Crippen molar-refractivity contribution in [1.29, 1.82) is 0 Å². The van der Waals surface area contributed by atoms with Gasteiger partial charge in [-0.2, -0.15) is 0 Å². The number of benzene rings is 2. The van der Waals surface area contributed by atoms with E-state index in [1.165, 1.54) is 0 Å². The largest absolute Gasteiger partial charge is 0.268 e. The smallest absolute Gasteiger partial charge is 0.267 e. The van der Waals surface area contributed by atoms with Crippen molar-refractivity contribution in [3.8, 4) is 5.69 Å². The molecule has 2 aromatic carbocycles. The second kappa shape index (κ2) is 5.75. The fraction of sp³-hybridized carbons (Fsp3) is 0.176. The molecule has 1 heterocycles. The van der Waals surface area contributed by atoms with Crippen molar-refractivity contribution in [3.63, 3.8) is 0 Å². The molecule has 3 rings (SSSR count). The summed E-state index contributed by atoms with van der Waals surface area (Å²) in [6.45, 7) is 3.89. The van der Waals surface area contributed by atoms with Gasteiger partial charge in [0.05, 0.1) is 21.6 Å². The Bertz CT molecular complexity index is 932. The van der Waals surface area contributed by atoms with Crippen LogP contribution in [0.15, 0.2) is 41.2 Å². The summed E-state index contributed by atoms with van der Waals surface area (Å²) in [6.07, 6.45) is 0.639. The summed E-state index contributed by atoms with van der Waals surface area (Å²) in [6, 6.07) is 10.8. The molecule has 5 heteroatoms. The number of halogens is 2. The van der Waals surface area contributed by atoms with E-state index in [-0.39, 0.29) is 5.56 Å². The van der Waals surface area contributed by atoms with Crippen LogP contribution in [0, 0.1) is 6.92 Å². The zero-order valence-corrected chi connectivity index (χ0v) is 13.7. The van der Waals surface area contributed by atoms with Gasteiger partial charge in [-0.3, -0.25) is 9.36 Å². The summed E-state index contributed by atoms with van der Waals surface area (Å²) in [4.78, 5) is 17.6. The molecule has 0 spiro atoms. The minimum absolute atomic E-state index is 0.155. The van der Waals surface area contributed by atoms with E-state index in [2.05, 4.69) is 4.98 Å². The average molecular weight is 333 g/mol. The highest BCUT2D eigenvalue weighted by Gasteiger charge is 2.15. The second-order valence-electron chi connectivity index (χ2n) is 5.09. The van der Waals surface area contributed by atoms with E-state index in [0.29, 0.717) is 33.2 Å². The van der Waals surface area contributed by atoms with Gasteiger partial charge in [0, 0.05) is 11.4 Å². The highest BCUT2D eigenvalue weighted by molar-refractivity contribution is 6.35. The molecular weight excluding hydrogens is 319 g/mol. The summed E-state index contributed by atoms with van der Waals surface area (Å²) in [5.74, 6) is 0.699. The third kappa shape index (κ3) is 2.40. The molecule has 0 N–H and O–H groups in total. The molecule has 0 amide bonds. The summed E-state index contributed by atoms with van der Waals surface area (Å²) in [5, 5.41) is 1.49. The van der Waals surface area contributed by atoms with Gasteiger partial charge in [0.25, 0.3) is 5.56 Å². The van der Waals surface area contributed by atoms with E-state index in [4.69, 9.17) is 23.2 Å². The van der Waals surface area contributed by atoms with E-state index in [1.807, 2.05) is 26.0 Å². The Kier molecular flexibility index (Phi) is 3.94. The Balaban J connectivity index is 2.45. The molecule has 0 aliphatic heterocycles. The molecule has 3 aromatic rings. The normalized spacial score (nSPS) is 11.1. The lowest BCUT2D eigenvalue weighted by molar-refractivity contribution is 0.829. The number of rotatable bonds is 2. The third-order valence-corrected chi connectivity index (χ3v) is 4.18. The van der Waals surface area contributed by atoms with Crippen LogP contribution in [0.2, 0.25) is 10.0 Å². The molecule has 1 aromatic heterocycles. The first kappa shape index (κ1) is 15.1. The van der Waals surface area contributed by atoms with Crippen molar-refractivity contribution in [2.45, 2.75) is 20.3 Å². The second-order valence-corrected chi connectivity index (χ2v) is 5.93. The molecule has 0 atom stereocenters. The fourth-order valence-corrected chi connectivity index (χ4v) is 3.07. The molecule has 22 heavy (non-hydrogen) atoms. The first-order chi connectivity index (χ1) is 10.5. The number of aryl methyl sites for hydroxylation is 2. The van der Waals surface area contributed by atoms with Crippen molar-refractivity contribution in [2.24, 2.45) is 0 Å². The van der Waals surface area contributed by atoms with Gasteiger partial charge in [-0.25, -0.2) is 4.98 Å². The molecule has 0 aliphatic rings. The van der Waals surface area contributed by atoms with Crippen LogP contribution in [-0.2, 0) is 6.42 Å². The summed E-state index contributed by atoms with van der Waals surface area (Å²) in [7, 11) is 0. The summed E-state index contributed by atoms with van der Waals surface area (Å²) < 4.78 is 1.62. The van der Waals surface area contributed by atoms with Crippen LogP contribution >= 0.6 is 23.2 Å². The number of hydrogen-bond donors (Lipinski definition) is 0. The Hall–Kier alpha value is -1.84. The molecule has 0 unspecified atom stereocenters. The van der Waals surface area contributed by atoms with Crippen LogP contribution in [0.4, 0.5) is 0 Å². The van der Waals surface area contributed by atoms with Gasteiger partial charge in [0.1, 0.15) is 5.82 Å². The molecule has 0 saturated carbocycles. The van der Waals surface area contributed by atoms with Gasteiger partial charge >= 0.3 is 0 Å². The van der Waals surface area contributed by atoms with Crippen molar-refractivity contribution < 1.29 is 0 Å². The fourth-order valence-electron chi connectivity index (χ4n) is 2.59. The van der Waals surface area contributed by atoms with Crippen LogP contribution in [0.5, 0.6) is 0 Å². The Labute approximate surface area is 138 Å². The lowest BCUT2D eigenvalue weighted by atomic mass is 10.1. The minimum Gasteiger partial charge on any atom is -0.268 e. The molecule has 0 saturated heterocycles. The van der Waals surface area contributed by atoms with Crippen LogP contribution in [0.3, 0.4) is 0 Å². The summed E-state index contributed by atoms with van der Waals surface area (Å²) in [5.41, 5.74) is 2.16. The van der Waals surface area contributed by atoms with E-state index < -0.39 is 0 Å². The standard InChI is InChI=1S/C17H14Cl2N2O/c1-3-15-20-13-6-4-5-12(19)16(13)17(22)21(15)14-8-7-11(18)9-10(14)2/h4-9H,3H2,1-2H3. The maximum atomic E-state index is 13.0. The minimum atomic E-state index is -0.155. The Morgan fingerprint density at radius 3 is 2.64 bits per heavy atom. The molecule has 3 nitrogen and oxygen atoms in total. The van der Waals surface area contributed by atoms with E-state index in [0.717, 1.165) is 11.3 Å². The monoisotopic (exact) mass is 332 g/mol.